The lowest BCUT2D eigenvalue weighted by Gasteiger charge is -2.31. The Morgan fingerprint density at radius 3 is 2.85 bits per heavy atom. The number of methoxy groups -OCH3 is 1. The van der Waals surface area contributed by atoms with Crippen molar-refractivity contribution in [3.8, 4) is 0 Å². The summed E-state index contributed by atoms with van der Waals surface area (Å²) < 4.78 is 45.4. The van der Waals surface area contributed by atoms with Crippen LogP contribution in [0.5, 0.6) is 0 Å². The first-order chi connectivity index (χ1) is 9.48. The van der Waals surface area contributed by atoms with Gasteiger partial charge in [-0.3, -0.25) is 0 Å². The van der Waals surface area contributed by atoms with E-state index in [1.807, 2.05) is 0 Å². The molecule has 1 aliphatic rings. The summed E-state index contributed by atoms with van der Waals surface area (Å²) in [4.78, 5) is -0.300. The molecule has 0 bridgehead atoms. The van der Waals surface area contributed by atoms with Crippen LogP contribution in [0, 0.1) is 5.82 Å². The number of hydrogen-bond donors (Lipinski definition) is 1. The van der Waals surface area contributed by atoms with Crippen molar-refractivity contribution in [2.24, 2.45) is 5.73 Å². The minimum atomic E-state index is -3.82. The number of nitrogens with two attached hydrogens (primary N) is 1. The molecule has 2 rings (SSSR count). The lowest BCUT2D eigenvalue weighted by molar-refractivity contribution is 0.0571. The number of ether oxygens (including phenoxy) is 1. The quantitative estimate of drug-likeness (QED) is 0.903. The average molecular weight is 302 g/mol. The van der Waals surface area contributed by atoms with Crippen molar-refractivity contribution in [1.29, 1.82) is 0 Å². The second-order valence-corrected chi connectivity index (χ2v) is 6.74. The first kappa shape index (κ1) is 15.4. The molecule has 0 aromatic heterocycles. The van der Waals surface area contributed by atoms with Crippen LogP contribution in [0.1, 0.15) is 18.4 Å². The largest absolute Gasteiger partial charge is 0.380 e. The van der Waals surface area contributed by atoms with E-state index in [2.05, 4.69) is 0 Å². The topological polar surface area (TPSA) is 72.6 Å². The first-order valence-corrected chi connectivity index (χ1v) is 7.94. The van der Waals surface area contributed by atoms with Crippen molar-refractivity contribution in [2.45, 2.75) is 30.4 Å². The standard InChI is InChI=1S/C13H19FN2O3S/c1-19-11-3-2-6-16(9-11)20(17,18)13-5-4-10(8-15)7-12(13)14/h4-5,7,11H,2-3,6,8-9,15H2,1H3. The molecular weight excluding hydrogens is 283 g/mol. The Balaban J connectivity index is 2.30. The Kier molecular flexibility index (Phi) is 4.74. The average Bonchev–Trinajstić information content (AvgIpc) is 2.46. The molecule has 5 nitrogen and oxygen atoms in total. The van der Waals surface area contributed by atoms with Crippen LogP contribution >= 0.6 is 0 Å². The number of sulfonamides is 1. The van der Waals surface area contributed by atoms with Gasteiger partial charge in [-0.05, 0) is 30.5 Å². The van der Waals surface area contributed by atoms with Crippen molar-refractivity contribution in [2.75, 3.05) is 20.2 Å². The van der Waals surface area contributed by atoms with Gasteiger partial charge in [0.15, 0.2) is 0 Å². The minimum Gasteiger partial charge on any atom is -0.380 e. The summed E-state index contributed by atoms with van der Waals surface area (Å²) in [5.41, 5.74) is 5.98. The fourth-order valence-corrected chi connectivity index (χ4v) is 3.89. The summed E-state index contributed by atoms with van der Waals surface area (Å²) >= 11 is 0. The maximum Gasteiger partial charge on any atom is 0.246 e. The van der Waals surface area contributed by atoms with Crippen molar-refractivity contribution in [1.82, 2.24) is 4.31 Å². The minimum absolute atomic E-state index is 0.134. The zero-order valence-corrected chi connectivity index (χ0v) is 12.2. The molecule has 1 aliphatic heterocycles. The molecule has 1 heterocycles. The fourth-order valence-electron chi connectivity index (χ4n) is 2.34. The first-order valence-electron chi connectivity index (χ1n) is 6.50. The molecule has 20 heavy (non-hydrogen) atoms. The number of rotatable bonds is 4. The van der Waals surface area contributed by atoms with E-state index in [1.165, 1.54) is 22.5 Å². The monoisotopic (exact) mass is 302 g/mol. The van der Waals surface area contributed by atoms with Gasteiger partial charge in [-0.25, -0.2) is 12.8 Å². The molecule has 1 atom stereocenters. The van der Waals surface area contributed by atoms with Crippen LogP contribution in [0.15, 0.2) is 23.1 Å². The van der Waals surface area contributed by atoms with E-state index in [0.29, 0.717) is 18.5 Å². The molecule has 0 amide bonds. The van der Waals surface area contributed by atoms with Gasteiger partial charge in [-0.1, -0.05) is 6.07 Å². The Bertz CT molecular complexity index is 577. The number of benzene rings is 1. The van der Waals surface area contributed by atoms with Crippen molar-refractivity contribution < 1.29 is 17.5 Å². The van der Waals surface area contributed by atoms with Gasteiger partial charge in [0.25, 0.3) is 0 Å². The third-order valence-corrected chi connectivity index (χ3v) is 5.42. The Morgan fingerprint density at radius 1 is 1.50 bits per heavy atom. The summed E-state index contributed by atoms with van der Waals surface area (Å²) in [6.45, 7) is 0.823. The smallest absolute Gasteiger partial charge is 0.246 e. The van der Waals surface area contributed by atoms with E-state index in [4.69, 9.17) is 10.5 Å². The van der Waals surface area contributed by atoms with Crippen LogP contribution in [0.3, 0.4) is 0 Å². The Morgan fingerprint density at radius 2 is 2.25 bits per heavy atom. The van der Waals surface area contributed by atoms with Crippen LogP contribution in [0.2, 0.25) is 0 Å². The zero-order chi connectivity index (χ0) is 14.8. The van der Waals surface area contributed by atoms with Gasteiger partial charge in [-0.2, -0.15) is 4.31 Å². The molecule has 1 unspecified atom stereocenters. The highest BCUT2D eigenvalue weighted by atomic mass is 32.2. The summed E-state index contributed by atoms with van der Waals surface area (Å²) in [7, 11) is -2.27. The van der Waals surface area contributed by atoms with E-state index >= 15 is 0 Å². The fraction of sp³-hybridized carbons (Fsp3) is 0.538. The second kappa shape index (κ2) is 6.17. The van der Waals surface area contributed by atoms with Gasteiger partial charge in [0.1, 0.15) is 10.7 Å². The summed E-state index contributed by atoms with van der Waals surface area (Å²) in [5.74, 6) is -0.757. The number of nitrogens with zero attached hydrogens (tertiary/aromatic N) is 1. The van der Waals surface area contributed by atoms with E-state index in [-0.39, 0.29) is 24.1 Å². The third kappa shape index (κ3) is 3.01. The van der Waals surface area contributed by atoms with Gasteiger partial charge in [0.05, 0.1) is 6.10 Å². The van der Waals surface area contributed by atoms with E-state index < -0.39 is 15.8 Å². The van der Waals surface area contributed by atoms with Crippen molar-refractivity contribution in [3.05, 3.63) is 29.6 Å². The van der Waals surface area contributed by atoms with Crippen molar-refractivity contribution >= 4 is 10.0 Å². The highest BCUT2D eigenvalue weighted by Gasteiger charge is 2.32. The van der Waals surface area contributed by atoms with Crippen LogP contribution in [-0.2, 0) is 21.3 Å². The predicted molar refractivity (Wildman–Crippen MR) is 73.1 cm³/mol. The normalized spacial score (nSPS) is 21.1. The van der Waals surface area contributed by atoms with E-state index in [9.17, 15) is 12.8 Å². The molecular formula is C13H19FN2O3S. The molecule has 0 radical (unpaired) electrons. The molecule has 0 spiro atoms. The molecule has 1 fully saturated rings. The summed E-state index contributed by atoms with van der Waals surface area (Å²) in [5, 5.41) is 0. The van der Waals surface area contributed by atoms with Crippen LogP contribution in [0.25, 0.3) is 0 Å². The number of hydrogen-bond acceptors (Lipinski definition) is 4. The van der Waals surface area contributed by atoms with E-state index in [0.717, 1.165) is 6.42 Å². The second-order valence-electron chi connectivity index (χ2n) is 4.83. The van der Waals surface area contributed by atoms with E-state index in [1.54, 1.807) is 7.11 Å². The van der Waals surface area contributed by atoms with Crippen LogP contribution in [-0.4, -0.2) is 39.0 Å². The Hall–Kier alpha value is -1.02. The summed E-state index contributed by atoms with van der Waals surface area (Å²) in [6.07, 6.45) is 1.39. The predicted octanol–water partition coefficient (Wildman–Crippen LogP) is 1.08. The Labute approximate surface area is 118 Å². The molecule has 112 valence electrons. The van der Waals surface area contributed by atoms with Gasteiger partial charge < -0.3 is 10.5 Å². The number of halogens is 1. The zero-order valence-electron chi connectivity index (χ0n) is 11.4. The molecule has 7 heteroatoms. The molecule has 0 aliphatic carbocycles. The maximum atomic E-state index is 14.0. The molecule has 0 saturated carbocycles. The van der Waals surface area contributed by atoms with Gasteiger partial charge in [0.2, 0.25) is 10.0 Å². The summed E-state index contributed by atoms with van der Waals surface area (Å²) in [6, 6.07) is 3.99. The lowest BCUT2D eigenvalue weighted by Crippen LogP contribution is -2.43. The van der Waals surface area contributed by atoms with Crippen LogP contribution in [0.4, 0.5) is 4.39 Å². The molecule has 1 aromatic carbocycles. The molecule has 2 N–H and O–H groups in total. The highest BCUT2D eigenvalue weighted by Crippen LogP contribution is 2.24. The SMILES string of the molecule is COC1CCCN(S(=O)(=O)c2ccc(CN)cc2F)C1. The maximum absolute atomic E-state index is 14.0. The molecule has 1 saturated heterocycles. The lowest BCUT2D eigenvalue weighted by atomic mass is 10.1. The third-order valence-electron chi connectivity index (χ3n) is 3.52. The van der Waals surface area contributed by atoms with Gasteiger partial charge in [-0.15, -0.1) is 0 Å². The molecule has 1 aromatic rings. The van der Waals surface area contributed by atoms with Gasteiger partial charge >= 0.3 is 0 Å². The van der Waals surface area contributed by atoms with Gasteiger partial charge in [0, 0.05) is 26.7 Å². The highest BCUT2D eigenvalue weighted by molar-refractivity contribution is 7.89. The number of piperidine rings is 1. The van der Waals surface area contributed by atoms with Crippen LogP contribution < -0.4 is 5.73 Å². The van der Waals surface area contributed by atoms with Crippen molar-refractivity contribution in [3.63, 3.8) is 0 Å².